The van der Waals surface area contributed by atoms with E-state index >= 15 is 0 Å². The lowest BCUT2D eigenvalue weighted by Gasteiger charge is -2.25. The van der Waals surface area contributed by atoms with Crippen LogP contribution in [0.2, 0.25) is 0 Å². The standard InChI is InChI=1S/C16H29N3O2/c1-12(18-16(21)13-6-3-2-4-7-13)10-15(20)19-14-8-5-9-17-11-14/h12-14,17H,2-11H2,1H3,(H,18,21)(H,19,20)/t12?,14-/m0/s1. The number of piperidine rings is 1. The summed E-state index contributed by atoms with van der Waals surface area (Å²) in [4.78, 5) is 24.1. The molecule has 1 saturated carbocycles. The van der Waals surface area contributed by atoms with E-state index in [-0.39, 0.29) is 29.8 Å². The number of amides is 2. The first-order valence-electron chi connectivity index (χ1n) is 8.45. The zero-order valence-corrected chi connectivity index (χ0v) is 13.1. The van der Waals surface area contributed by atoms with Crippen molar-refractivity contribution >= 4 is 11.8 Å². The predicted octanol–water partition coefficient (Wildman–Crippen LogP) is 1.33. The molecule has 1 heterocycles. The minimum atomic E-state index is -0.0871. The Kier molecular flexibility index (Phi) is 6.49. The van der Waals surface area contributed by atoms with Gasteiger partial charge in [-0.1, -0.05) is 19.3 Å². The Balaban J connectivity index is 1.66. The van der Waals surface area contributed by atoms with Crippen molar-refractivity contribution in [3.05, 3.63) is 0 Å². The zero-order valence-electron chi connectivity index (χ0n) is 13.1. The van der Waals surface area contributed by atoms with Gasteiger partial charge < -0.3 is 16.0 Å². The molecule has 0 spiro atoms. The lowest BCUT2D eigenvalue weighted by Crippen LogP contribution is -2.47. The highest BCUT2D eigenvalue weighted by atomic mass is 16.2. The van der Waals surface area contributed by atoms with E-state index in [9.17, 15) is 9.59 Å². The monoisotopic (exact) mass is 295 g/mol. The number of carbonyl (C=O) groups excluding carboxylic acids is 2. The van der Waals surface area contributed by atoms with Crippen LogP contribution in [-0.4, -0.2) is 37.0 Å². The first-order chi connectivity index (χ1) is 10.1. The summed E-state index contributed by atoms with van der Waals surface area (Å²) in [5.41, 5.74) is 0. The summed E-state index contributed by atoms with van der Waals surface area (Å²) < 4.78 is 0. The highest BCUT2D eigenvalue weighted by Gasteiger charge is 2.23. The van der Waals surface area contributed by atoms with Crippen molar-refractivity contribution in [1.29, 1.82) is 0 Å². The summed E-state index contributed by atoms with van der Waals surface area (Å²) in [7, 11) is 0. The Morgan fingerprint density at radius 3 is 2.57 bits per heavy atom. The van der Waals surface area contributed by atoms with Crippen LogP contribution in [0.5, 0.6) is 0 Å². The van der Waals surface area contributed by atoms with Crippen LogP contribution in [-0.2, 0) is 9.59 Å². The zero-order chi connectivity index (χ0) is 15.1. The fourth-order valence-corrected chi connectivity index (χ4v) is 3.32. The Bertz CT molecular complexity index is 347. The molecule has 3 N–H and O–H groups in total. The average molecular weight is 295 g/mol. The van der Waals surface area contributed by atoms with Gasteiger partial charge in [0, 0.05) is 31.0 Å². The van der Waals surface area contributed by atoms with E-state index in [0.717, 1.165) is 51.6 Å². The van der Waals surface area contributed by atoms with Gasteiger partial charge in [-0.3, -0.25) is 9.59 Å². The molecule has 1 unspecified atom stereocenters. The van der Waals surface area contributed by atoms with Crippen molar-refractivity contribution in [3.63, 3.8) is 0 Å². The molecule has 1 aliphatic heterocycles. The van der Waals surface area contributed by atoms with Gasteiger partial charge in [0.15, 0.2) is 0 Å². The lowest BCUT2D eigenvalue weighted by atomic mass is 9.88. The van der Waals surface area contributed by atoms with Crippen LogP contribution >= 0.6 is 0 Å². The number of hydrogen-bond acceptors (Lipinski definition) is 3. The van der Waals surface area contributed by atoms with E-state index in [4.69, 9.17) is 0 Å². The van der Waals surface area contributed by atoms with Crippen molar-refractivity contribution in [1.82, 2.24) is 16.0 Å². The molecule has 2 aliphatic rings. The van der Waals surface area contributed by atoms with Crippen LogP contribution in [0.4, 0.5) is 0 Å². The lowest BCUT2D eigenvalue weighted by molar-refractivity contribution is -0.127. The molecule has 5 nitrogen and oxygen atoms in total. The summed E-state index contributed by atoms with van der Waals surface area (Å²) in [5, 5.41) is 9.34. The SMILES string of the molecule is CC(CC(=O)N[C@H]1CCCNC1)NC(=O)C1CCCCC1. The van der Waals surface area contributed by atoms with Gasteiger partial charge in [0.05, 0.1) is 0 Å². The van der Waals surface area contributed by atoms with Crippen LogP contribution in [0.3, 0.4) is 0 Å². The van der Waals surface area contributed by atoms with E-state index in [1.807, 2.05) is 6.92 Å². The number of hydrogen-bond donors (Lipinski definition) is 3. The summed E-state index contributed by atoms with van der Waals surface area (Å²) in [5.74, 6) is 0.335. The smallest absolute Gasteiger partial charge is 0.223 e. The molecule has 2 fully saturated rings. The Morgan fingerprint density at radius 2 is 1.90 bits per heavy atom. The van der Waals surface area contributed by atoms with Crippen molar-refractivity contribution in [3.8, 4) is 0 Å². The molecule has 2 rings (SSSR count). The first-order valence-corrected chi connectivity index (χ1v) is 8.45. The van der Waals surface area contributed by atoms with E-state index in [1.165, 1.54) is 6.42 Å². The van der Waals surface area contributed by atoms with E-state index in [0.29, 0.717) is 6.42 Å². The second kappa shape index (κ2) is 8.37. The van der Waals surface area contributed by atoms with Crippen LogP contribution in [0.15, 0.2) is 0 Å². The van der Waals surface area contributed by atoms with Crippen molar-refractivity contribution in [2.75, 3.05) is 13.1 Å². The van der Waals surface area contributed by atoms with E-state index < -0.39 is 0 Å². The fourth-order valence-electron chi connectivity index (χ4n) is 3.32. The van der Waals surface area contributed by atoms with Gasteiger partial charge in [-0.15, -0.1) is 0 Å². The molecule has 21 heavy (non-hydrogen) atoms. The summed E-state index contributed by atoms with van der Waals surface area (Å²) in [6.07, 6.45) is 8.08. The molecule has 0 bridgehead atoms. The van der Waals surface area contributed by atoms with Crippen LogP contribution in [0, 0.1) is 5.92 Å². The van der Waals surface area contributed by atoms with E-state index in [2.05, 4.69) is 16.0 Å². The van der Waals surface area contributed by atoms with Gasteiger partial charge in [0.1, 0.15) is 0 Å². The molecule has 1 aliphatic carbocycles. The van der Waals surface area contributed by atoms with Gasteiger partial charge in [-0.25, -0.2) is 0 Å². The normalized spacial score (nSPS) is 25.1. The highest BCUT2D eigenvalue weighted by molar-refractivity contribution is 5.81. The molecular formula is C16H29N3O2. The van der Waals surface area contributed by atoms with Crippen molar-refractivity contribution in [2.24, 2.45) is 5.92 Å². The maximum absolute atomic E-state index is 12.1. The molecule has 2 amide bonds. The number of carbonyl (C=O) groups is 2. The minimum Gasteiger partial charge on any atom is -0.353 e. The van der Waals surface area contributed by atoms with E-state index in [1.54, 1.807) is 0 Å². The van der Waals surface area contributed by atoms with Crippen molar-refractivity contribution in [2.45, 2.75) is 70.4 Å². The topological polar surface area (TPSA) is 70.2 Å². The Labute approximate surface area is 127 Å². The molecule has 120 valence electrons. The number of rotatable bonds is 5. The Morgan fingerprint density at radius 1 is 1.14 bits per heavy atom. The predicted molar refractivity (Wildman–Crippen MR) is 82.8 cm³/mol. The molecule has 5 heteroatoms. The van der Waals surface area contributed by atoms with Gasteiger partial charge >= 0.3 is 0 Å². The van der Waals surface area contributed by atoms with Crippen molar-refractivity contribution < 1.29 is 9.59 Å². The first kappa shape index (κ1) is 16.3. The Hall–Kier alpha value is -1.10. The summed E-state index contributed by atoms with van der Waals surface area (Å²) in [6.45, 7) is 3.81. The molecular weight excluding hydrogens is 266 g/mol. The maximum atomic E-state index is 12.1. The van der Waals surface area contributed by atoms with Crippen LogP contribution < -0.4 is 16.0 Å². The largest absolute Gasteiger partial charge is 0.353 e. The van der Waals surface area contributed by atoms with Gasteiger partial charge in [-0.2, -0.15) is 0 Å². The van der Waals surface area contributed by atoms with Gasteiger partial charge in [0.2, 0.25) is 11.8 Å². The second-order valence-electron chi connectivity index (χ2n) is 6.56. The maximum Gasteiger partial charge on any atom is 0.223 e. The third-order valence-corrected chi connectivity index (χ3v) is 4.52. The average Bonchev–Trinajstić information content (AvgIpc) is 2.48. The molecule has 0 aromatic rings. The fraction of sp³-hybridized carbons (Fsp3) is 0.875. The third kappa shape index (κ3) is 5.65. The molecule has 2 atom stereocenters. The molecule has 0 aromatic heterocycles. The van der Waals surface area contributed by atoms with Gasteiger partial charge in [-0.05, 0) is 39.2 Å². The highest BCUT2D eigenvalue weighted by Crippen LogP contribution is 2.23. The van der Waals surface area contributed by atoms with Gasteiger partial charge in [0.25, 0.3) is 0 Å². The second-order valence-corrected chi connectivity index (χ2v) is 6.56. The quantitative estimate of drug-likeness (QED) is 0.716. The minimum absolute atomic E-state index is 0.0418. The summed E-state index contributed by atoms with van der Waals surface area (Å²) >= 11 is 0. The van der Waals surface area contributed by atoms with Crippen LogP contribution in [0.1, 0.15) is 58.3 Å². The molecule has 1 saturated heterocycles. The summed E-state index contributed by atoms with van der Waals surface area (Å²) in [6, 6.07) is 0.156. The van der Waals surface area contributed by atoms with Crippen LogP contribution in [0.25, 0.3) is 0 Å². The molecule has 0 aromatic carbocycles. The molecule has 0 radical (unpaired) electrons. The number of nitrogens with one attached hydrogen (secondary N) is 3. The third-order valence-electron chi connectivity index (χ3n) is 4.52.